The van der Waals surface area contributed by atoms with E-state index in [2.05, 4.69) is 15.3 Å². The highest BCUT2D eigenvalue weighted by molar-refractivity contribution is 5.72. The summed E-state index contributed by atoms with van der Waals surface area (Å²) in [7, 11) is 0. The average Bonchev–Trinajstić information content (AvgIpc) is 2.79. The molecule has 160 valence electrons. The van der Waals surface area contributed by atoms with Gasteiger partial charge in [0.1, 0.15) is 12.4 Å². The summed E-state index contributed by atoms with van der Waals surface area (Å²) in [6.45, 7) is 2.38. The number of benzene rings is 2. The van der Waals surface area contributed by atoms with Crippen LogP contribution in [0.2, 0.25) is 0 Å². The van der Waals surface area contributed by atoms with Crippen LogP contribution in [-0.2, 0) is 11.3 Å². The van der Waals surface area contributed by atoms with Crippen molar-refractivity contribution in [3.05, 3.63) is 70.3 Å². The summed E-state index contributed by atoms with van der Waals surface area (Å²) in [5, 5.41) is 14.6. The Morgan fingerprint density at radius 1 is 1.10 bits per heavy atom. The first-order valence-corrected chi connectivity index (χ1v) is 9.78. The number of nitro groups is 1. The van der Waals surface area contributed by atoms with Crippen LogP contribution >= 0.6 is 0 Å². The van der Waals surface area contributed by atoms with E-state index in [-0.39, 0.29) is 23.3 Å². The second-order valence-corrected chi connectivity index (χ2v) is 6.88. The van der Waals surface area contributed by atoms with Crippen LogP contribution in [-0.4, -0.2) is 41.2 Å². The maximum absolute atomic E-state index is 11.5. The van der Waals surface area contributed by atoms with E-state index in [1.165, 1.54) is 0 Å². The Morgan fingerprint density at radius 3 is 2.48 bits per heavy atom. The first kappa shape index (κ1) is 20.4. The lowest BCUT2D eigenvalue weighted by Gasteiger charge is -2.27. The molecular formula is C21H22N6O4. The zero-order valence-corrected chi connectivity index (χ0v) is 16.7. The van der Waals surface area contributed by atoms with Crippen LogP contribution in [0.15, 0.2) is 54.6 Å². The summed E-state index contributed by atoms with van der Waals surface area (Å²) in [5.41, 5.74) is 7.38. The summed E-state index contributed by atoms with van der Waals surface area (Å²) < 4.78 is 11.1. The number of hydrogen-bond acceptors (Lipinski definition) is 9. The van der Waals surface area contributed by atoms with Crippen LogP contribution in [0, 0.1) is 10.1 Å². The highest BCUT2D eigenvalue weighted by Crippen LogP contribution is 2.33. The Morgan fingerprint density at radius 2 is 1.81 bits per heavy atom. The number of nitrogen functional groups attached to an aromatic ring is 1. The standard InChI is InChI=1S/C21H22N6O4/c22-19-18(27(28)29)20(26-10-12-30-13-11-26)25-21(24-19)23-16-6-8-17(9-7-16)31-14-15-4-2-1-3-5-15/h1-9H,10-14H2,(H3,22,23,24,25). The van der Waals surface area contributed by atoms with Gasteiger partial charge in [-0.3, -0.25) is 10.1 Å². The number of morpholine rings is 1. The highest BCUT2D eigenvalue weighted by Gasteiger charge is 2.28. The van der Waals surface area contributed by atoms with E-state index < -0.39 is 4.92 Å². The number of nitrogens with two attached hydrogens (primary N) is 1. The fraction of sp³-hybridized carbons (Fsp3) is 0.238. The molecule has 1 aliphatic heterocycles. The van der Waals surface area contributed by atoms with Crippen molar-refractivity contribution >= 4 is 29.0 Å². The molecule has 0 radical (unpaired) electrons. The smallest absolute Gasteiger partial charge is 0.353 e. The lowest BCUT2D eigenvalue weighted by atomic mass is 10.2. The van der Waals surface area contributed by atoms with Crippen molar-refractivity contribution in [2.75, 3.05) is 42.3 Å². The fourth-order valence-electron chi connectivity index (χ4n) is 3.19. The molecule has 3 aromatic rings. The van der Waals surface area contributed by atoms with Crippen molar-refractivity contribution in [2.45, 2.75) is 6.61 Å². The van der Waals surface area contributed by atoms with Crippen LogP contribution in [0.25, 0.3) is 0 Å². The van der Waals surface area contributed by atoms with Gasteiger partial charge in [-0.25, -0.2) is 0 Å². The minimum atomic E-state index is -0.553. The molecule has 0 bridgehead atoms. The van der Waals surface area contributed by atoms with E-state index in [1.807, 2.05) is 54.6 Å². The molecule has 2 aromatic carbocycles. The second kappa shape index (κ2) is 9.26. The zero-order chi connectivity index (χ0) is 21.6. The maximum Gasteiger partial charge on any atom is 0.353 e. The van der Waals surface area contributed by atoms with Gasteiger partial charge in [0.15, 0.2) is 0 Å². The number of rotatable bonds is 7. The molecule has 1 aliphatic rings. The van der Waals surface area contributed by atoms with E-state index in [0.717, 1.165) is 5.56 Å². The Balaban J connectivity index is 1.49. The first-order chi connectivity index (χ1) is 15.1. The maximum atomic E-state index is 11.5. The third-order valence-corrected chi connectivity index (χ3v) is 4.74. The molecule has 0 unspecified atom stereocenters. The molecule has 31 heavy (non-hydrogen) atoms. The van der Waals surface area contributed by atoms with E-state index >= 15 is 0 Å². The normalized spacial score (nSPS) is 13.6. The summed E-state index contributed by atoms with van der Waals surface area (Å²) >= 11 is 0. The Hall–Kier alpha value is -3.92. The van der Waals surface area contributed by atoms with Gasteiger partial charge in [-0.1, -0.05) is 30.3 Å². The fourth-order valence-corrected chi connectivity index (χ4v) is 3.19. The molecule has 0 amide bonds. The van der Waals surface area contributed by atoms with Gasteiger partial charge in [-0.2, -0.15) is 9.97 Å². The SMILES string of the molecule is Nc1nc(Nc2ccc(OCc3ccccc3)cc2)nc(N2CCOCC2)c1[N+](=O)[O-]. The summed E-state index contributed by atoms with van der Waals surface area (Å²) in [6.07, 6.45) is 0. The predicted octanol–water partition coefficient (Wildman–Crippen LogP) is 3.13. The van der Waals surface area contributed by atoms with Crippen molar-refractivity contribution in [2.24, 2.45) is 0 Å². The van der Waals surface area contributed by atoms with Crippen molar-refractivity contribution in [1.82, 2.24) is 9.97 Å². The molecule has 1 saturated heterocycles. The van der Waals surface area contributed by atoms with E-state index in [4.69, 9.17) is 15.2 Å². The molecule has 0 aliphatic carbocycles. The number of ether oxygens (including phenoxy) is 2. The summed E-state index contributed by atoms with van der Waals surface area (Å²) in [5.74, 6) is 0.896. The van der Waals surface area contributed by atoms with Crippen molar-refractivity contribution in [3.8, 4) is 5.75 Å². The van der Waals surface area contributed by atoms with Gasteiger partial charge in [0.2, 0.25) is 17.6 Å². The lowest BCUT2D eigenvalue weighted by Crippen LogP contribution is -2.37. The summed E-state index contributed by atoms with van der Waals surface area (Å²) in [4.78, 5) is 21.2. The molecule has 2 heterocycles. The van der Waals surface area contributed by atoms with Crippen molar-refractivity contribution < 1.29 is 14.4 Å². The van der Waals surface area contributed by atoms with Crippen LogP contribution in [0.3, 0.4) is 0 Å². The molecule has 1 fully saturated rings. The van der Waals surface area contributed by atoms with E-state index in [9.17, 15) is 10.1 Å². The number of nitrogens with one attached hydrogen (secondary N) is 1. The highest BCUT2D eigenvalue weighted by atomic mass is 16.6. The molecule has 10 heteroatoms. The molecule has 3 N–H and O–H groups in total. The third kappa shape index (κ3) is 4.98. The molecule has 4 rings (SSSR count). The van der Waals surface area contributed by atoms with Crippen LogP contribution in [0.5, 0.6) is 5.75 Å². The van der Waals surface area contributed by atoms with Gasteiger partial charge < -0.3 is 25.4 Å². The number of hydrogen-bond donors (Lipinski definition) is 2. The van der Waals surface area contributed by atoms with Gasteiger partial charge in [-0.05, 0) is 29.8 Å². The van der Waals surface area contributed by atoms with E-state index in [1.54, 1.807) is 4.90 Å². The quantitative estimate of drug-likeness (QED) is 0.436. The third-order valence-electron chi connectivity index (χ3n) is 4.74. The largest absolute Gasteiger partial charge is 0.489 e. The average molecular weight is 422 g/mol. The number of anilines is 4. The Kier molecular flexibility index (Phi) is 6.08. The lowest BCUT2D eigenvalue weighted by molar-refractivity contribution is -0.383. The monoisotopic (exact) mass is 422 g/mol. The number of nitrogens with zero attached hydrogens (tertiary/aromatic N) is 4. The van der Waals surface area contributed by atoms with Gasteiger partial charge in [0.25, 0.3) is 0 Å². The Bertz CT molecular complexity index is 1040. The van der Waals surface area contributed by atoms with Crippen LogP contribution in [0.1, 0.15) is 5.56 Å². The minimum Gasteiger partial charge on any atom is -0.489 e. The van der Waals surface area contributed by atoms with Crippen LogP contribution < -0.4 is 20.7 Å². The van der Waals surface area contributed by atoms with Crippen LogP contribution in [0.4, 0.5) is 29.0 Å². The molecule has 0 saturated carbocycles. The minimum absolute atomic E-state index is 0.183. The van der Waals surface area contributed by atoms with E-state index in [0.29, 0.717) is 44.3 Å². The molecule has 1 aromatic heterocycles. The molecule has 0 atom stereocenters. The van der Waals surface area contributed by atoms with Crippen molar-refractivity contribution in [3.63, 3.8) is 0 Å². The zero-order valence-electron chi connectivity index (χ0n) is 16.7. The first-order valence-electron chi connectivity index (χ1n) is 9.78. The number of aromatic nitrogens is 2. The second-order valence-electron chi connectivity index (χ2n) is 6.88. The molecule has 10 nitrogen and oxygen atoms in total. The van der Waals surface area contributed by atoms with Crippen molar-refractivity contribution in [1.29, 1.82) is 0 Å². The van der Waals surface area contributed by atoms with Gasteiger partial charge in [0, 0.05) is 18.8 Å². The van der Waals surface area contributed by atoms with Gasteiger partial charge >= 0.3 is 5.69 Å². The molecular weight excluding hydrogens is 400 g/mol. The predicted molar refractivity (Wildman–Crippen MR) is 117 cm³/mol. The summed E-state index contributed by atoms with van der Waals surface area (Å²) in [6, 6.07) is 17.2. The molecule has 0 spiro atoms. The van der Waals surface area contributed by atoms with Gasteiger partial charge in [0.05, 0.1) is 18.1 Å². The topological polar surface area (TPSA) is 129 Å². The Labute approximate surface area is 178 Å². The van der Waals surface area contributed by atoms with Gasteiger partial charge in [-0.15, -0.1) is 0 Å².